The van der Waals surface area contributed by atoms with Crippen molar-refractivity contribution in [3.8, 4) is 0 Å². The monoisotopic (exact) mass is 313 g/mol. The van der Waals surface area contributed by atoms with Gasteiger partial charge in [0.1, 0.15) is 23.4 Å². The number of rotatable bonds is 3. The number of hydrogen-bond donors (Lipinski definition) is 1. The molecule has 0 bridgehead atoms. The molecular formula is C17H13F2N3O. The van der Waals surface area contributed by atoms with E-state index in [4.69, 9.17) is 5.73 Å². The molecule has 0 spiro atoms. The van der Waals surface area contributed by atoms with E-state index >= 15 is 0 Å². The van der Waals surface area contributed by atoms with Gasteiger partial charge in [-0.3, -0.25) is 4.79 Å². The van der Waals surface area contributed by atoms with Crippen molar-refractivity contribution in [3.63, 3.8) is 0 Å². The number of hydrogen-bond acceptors (Lipinski definition) is 4. The van der Waals surface area contributed by atoms with Gasteiger partial charge in [0.15, 0.2) is 5.78 Å². The molecule has 1 aliphatic heterocycles. The Hall–Kier alpha value is -3.02. The van der Waals surface area contributed by atoms with Gasteiger partial charge in [0.2, 0.25) is 0 Å². The molecule has 2 N–H and O–H groups in total. The molecule has 3 rings (SSSR count). The number of anilines is 1. The van der Waals surface area contributed by atoms with E-state index in [1.165, 1.54) is 11.1 Å². The lowest BCUT2D eigenvalue weighted by molar-refractivity contribution is 0.0967. The Morgan fingerprint density at radius 1 is 1.13 bits per heavy atom. The molecule has 6 heteroatoms. The molecule has 2 aromatic carbocycles. The third-order valence-electron chi connectivity index (χ3n) is 3.46. The summed E-state index contributed by atoms with van der Waals surface area (Å²) in [5, 5.41) is 5.65. The summed E-state index contributed by atoms with van der Waals surface area (Å²) in [4.78, 5) is 12.4. The largest absolute Gasteiger partial charge is 0.385 e. The van der Waals surface area contributed by atoms with Crippen molar-refractivity contribution in [3.05, 3.63) is 78.0 Å². The Morgan fingerprint density at radius 2 is 1.87 bits per heavy atom. The molecule has 1 aliphatic rings. The Balaban J connectivity index is 1.87. The number of carbonyl (C=O) groups is 1. The molecule has 0 aromatic heterocycles. The fourth-order valence-corrected chi connectivity index (χ4v) is 2.29. The van der Waals surface area contributed by atoms with Crippen molar-refractivity contribution in [2.24, 2.45) is 16.8 Å². The summed E-state index contributed by atoms with van der Waals surface area (Å²) in [6.07, 6.45) is 3.09. The van der Waals surface area contributed by atoms with E-state index in [2.05, 4.69) is 5.10 Å². The van der Waals surface area contributed by atoms with E-state index in [9.17, 15) is 13.6 Å². The first-order valence-electron chi connectivity index (χ1n) is 6.92. The van der Waals surface area contributed by atoms with Crippen LogP contribution in [0.3, 0.4) is 0 Å². The molecule has 2 aromatic rings. The highest BCUT2D eigenvalue weighted by Gasteiger charge is 2.27. The average molecular weight is 313 g/mol. The van der Waals surface area contributed by atoms with Gasteiger partial charge in [-0.25, -0.2) is 13.8 Å². The molecular weight excluding hydrogens is 300 g/mol. The van der Waals surface area contributed by atoms with Crippen LogP contribution in [0.5, 0.6) is 0 Å². The smallest absolute Gasteiger partial charge is 0.180 e. The number of para-hydroxylation sites is 1. The van der Waals surface area contributed by atoms with Crippen molar-refractivity contribution >= 4 is 17.3 Å². The fourth-order valence-electron chi connectivity index (χ4n) is 2.29. The lowest BCUT2D eigenvalue weighted by Crippen LogP contribution is -2.35. The minimum Gasteiger partial charge on any atom is -0.385 e. The Kier molecular flexibility index (Phi) is 3.89. The molecule has 0 radical (unpaired) electrons. The van der Waals surface area contributed by atoms with Gasteiger partial charge in [0.05, 0.1) is 11.3 Å². The van der Waals surface area contributed by atoms with E-state index in [0.29, 0.717) is 0 Å². The van der Waals surface area contributed by atoms with Crippen molar-refractivity contribution in [1.82, 2.24) is 0 Å². The van der Waals surface area contributed by atoms with Crippen LogP contribution < -0.4 is 10.7 Å². The fraction of sp³-hybridized carbons (Fsp3) is 0.0588. The summed E-state index contributed by atoms with van der Waals surface area (Å²) in [5.41, 5.74) is 6.28. The molecule has 0 fully saturated rings. The minimum absolute atomic E-state index is 0.0185. The highest BCUT2D eigenvalue weighted by atomic mass is 19.1. The summed E-state index contributed by atoms with van der Waals surface area (Å²) < 4.78 is 27.0. The molecule has 0 saturated carbocycles. The first-order valence-corrected chi connectivity index (χ1v) is 6.92. The Morgan fingerprint density at radius 3 is 2.57 bits per heavy atom. The summed E-state index contributed by atoms with van der Waals surface area (Å²) in [6, 6.07) is 11.9. The van der Waals surface area contributed by atoms with E-state index < -0.39 is 23.3 Å². The van der Waals surface area contributed by atoms with Gasteiger partial charge in [-0.15, -0.1) is 0 Å². The van der Waals surface area contributed by atoms with E-state index in [-0.39, 0.29) is 11.4 Å². The van der Waals surface area contributed by atoms with Crippen LogP contribution in [-0.2, 0) is 0 Å². The number of amidine groups is 1. The average Bonchev–Trinajstić information content (AvgIpc) is 2.57. The van der Waals surface area contributed by atoms with Gasteiger partial charge in [-0.2, -0.15) is 5.10 Å². The highest BCUT2D eigenvalue weighted by molar-refractivity contribution is 6.13. The lowest BCUT2D eigenvalue weighted by atomic mass is 9.95. The summed E-state index contributed by atoms with van der Waals surface area (Å²) >= 11 is 0. The van der Waals surface area contributed by atoms with Crippen LogP contribution in [0.1, 0.15) is 10.4 Å². The SMILES string of the molecule is NC1=NN(c2ccccc2)C=CC1C(=O)c1cc(F)ccc1F. The number of benzene rings is 2. The zero-order valence-electron chi connectivity index (χ0n) is 12.0. The maximum absolute atomic E-state index is 13.7. The first-order chi connectivity index (χ1) is 11.1. The van der Waals surface area contributed by atoms with Crippen molar-refractivity contribution in [2.45, 2.75) is 0 Å². The Bertz CT molecular complexity index is 803. The number of halogens is 2. The van der Waals surface area contributed by atoms with Gasteiger partial charge in [-0.05, 0) is 36.4 Å². The second-order valence-electron chi connectivity index (χ2n) is 5.01. The van der Waals surface area contributed by atoms with Crippen LogP contribution >= 0.6 is 0 Å². The van der Waals surface area contributed by atoms with Gasteiger partial charge in [-0.1, -0.05) is 18.2 Å². The molecule has 23 heavy (non-hydrogen) atoms. The Labute approximate surface area is 131 Å². The van der Waals surface area contributed by atoms with E-state index in [0.717, 1.165) is 23.9 Å². The number of ketones is 1. The maximum atomic E-state index is 13.7. The van der Waals surface area contributed by atoms with Crippen LogP contribution in [0.25, 0.3) is 0 Å². The standard InChI is InChI=1S/C17H13F2N3O/c18-11-6-7-15(19)14(10-11)16(23)13-8-9-22(21-17(13)20)12-4-2-1-3-5-12/h1-10,13H,(H2,20,21). The van der Waals surface area contributed by atoms with Crippen LogP contribution in [0.15, 0.2) is 65.9 Å². The summed E-state index contributed by atoms with van der Waals surface area (Å²) in [6.45, 7) is 0. The van der Waals surface area contributed by atoms with Crippen molar-refractivity contribution in [1.29, 1.82) is 0 Å². The van der Waals surface area contributed by atoms with E-state index in [1.807, 2.05) is 30.3 Å². The zero-order chi connectivity index (χ0) is 16.4. The van der Waals surface area contributed by atoms with Gasteiger partial charge < -0.3 is 5.73 Å². The number of carbonyl (C=O) groups excluding carboxylic acids is 1. The second kappa shape index (κ2) is 6.00. The maximum Gasteiger partial charge on any atom is 0.180 e. The molecule has 0 aliphatic carbocycles. The summed E-state index contributed by atoms with van der Waals surface area (Å²) in [7, 11) is 0. The number of nitrogens with zero attached hydrogens (tertiary/aromatic N) is 2. The molecule has 1 atom stereocenters. The topological polar surface area (TPSA) is 58.7 Å². The molecule has 4 nitrogen and oxygen atoms in total. The van der Waals surface area contributed by atoms with Crippen LogP contribution in [0.4, 0.5) is 14.5 Å². The zero-order valence-corrected chi connectivity index (χ0v) is 12.0. The number of Topliss-reactive ketones (excluding diaryl/α,β-unsaturated/α-hetero) is 1. The molecule has 0 saturated heterocycles. The second-order valence-corrected chi connectivity index (χ2v) is 5.01. The molecule has 1 unspecified atom stereocenters. The van der Waals surface area contributed by atoms with Gasteiger partial charge in [0.25, 0.3) is 0 Å². The predicted molar refractivity (Wildman–Crippen MR) is 83.9 cm³/mol. The third-order valence-corrected chi connectivity index (χ3v) is 3.46. The van der Waals surface area contributed by atoms with E-state index in [1.54, 1.807) is 6.20 Å². The normalized spacial score (nSPS) is 17.0. The number of hydrazone groups is 1. The van der Waals surface area contributed by atoms with Gasteiger partial charge in [0, 0.05) is 6.20 Å². The highest BCUT2D eigenvalue weighted by Crippen LogP contribution is 2.22. The summed E-state index contributed by atoms with van der Waals surface area (Å²) in [5.74, 6) is -3.01. The van der Waals surface area contributed by atoms with Crippen molar-refractivity contribution in [2.75, 3.05) is 5.01 Å². The molecule has 116 valence electrons. The van der Waals surface area contributed by atoms with Gasteiger partial charge >= 0.3 is 0 Å². The van der Waals surface area contributed by atoms with Crippen LogP contribution in [0.2, 0.25) is 0 Å². The predicted octanol–water partition coefficient (Wildman–Crippen LogP) is 3.07. The van der Waals surface area contributed by atoms with Crippen molar-refractivity contribution < 1.29 is 13.6 Å². The molecule has 0 amide bonds. The number of nitrogens with two attached hydrogens (primary N) is 1. The minimum atomic E-state index is -0.925. The van der Waals surface area contributed by atoms with Crippen LogP contribution in [0, 0.1) is 17.6 Å². The molecule has 1 heterocycles. The first kappa shape index (κ1) is 14.9. The third kappa shape index (κ3) is 2.96. The van der Waals surface area contributed by atoms with Crippen LogP contribution in [-0.4, -0.2) is 11.6 Å². The lowest BCUT2D eigenvalue weighted by Gasteiger charge is -2.23. The quantitative estimate of drug-likeness (QED) is 0.886.